The smallest absolute Gasteiger partial charge is 0.272 e. The van der Waals surface area contributed by atoms with Gasteiger partial charge in [-0.1, -0.05) is 58.3 Å². The van der Waals surface area contributed by atoms with Gasteiger partial charge in [-0.25, -0.2) is 0 Å². The van der Waals surface area contributed by atoms with Crippen LogP contribution in [0.1, 0.15) is 70.3 Å². The molecule has 0 fully saturated rings. The van der Waals surface area contributed by atoms with Gasteiger partial charge in [0.25, 0.3) is 11.4 Å². The first-order valence-electron chi connectivity index (χ1n) is 13.7. The van der Waals surface area contributed by atoms with E-state index in [0.29, 0.717) is 29.2 Å². The zero-order valence-corrected chi connectivity index (χ0v) is 22.5. The molecule has 1 aliphatic carbocycles. The fourth-order valence-electron chi connectivity index (χ4n) is 4.92. The molecule has 0 saturated carbocycles. The number of ketones is 1. The number of rotatable bonds is 14. The van der Waals surface area contributed by atoms with Crippen molar-refractivity contribution in [1.82, 2.24) is 0 Å². The summed E-state index contributed by atoms with van der Waals surface area (Å²) in [5, 5.41) is 38.9. The van der Waals surface area contributed by atoms with Gasteiger partial charge in [-0.2, -0.15) is 0 Å². The Kier molecular flexibility index (Phi) is 9.36. The van der Waals surface area contributed by atoms with E-state index in [4.69, 9.17) is 4.74 Å². The predicted octanol–water partition coefficient (Wildman–Crippen LogP) is 6.92. The van der Waals surface area contributed by atoms with Crippen molar-refractivity contribution < 1.29 is 24.5 Å². The van der Waals surface area contributed by atoms with Gasteiger partial charge in [0.1, 0.15) is 17.6 Å². The number of allylic oxidation sites excluding steroid dienone is 1. The molecule has 1 atom stereocenters. The molecule has 0 bridgehead atoms. The van der Waals surface area contributed by atoms with Crippen LogP contribution >= 0.6 is 0 Å². The Labute approximate surface area is 232 Å². The molecule has 0 saturated heterocycles. The second-order valence-corrected chi connectivity index (χ2v) is 10.1. The first-order valence-corrected chi connectivity index (χ1v) is 13.7. The van der Waals surface area contributed by atoms with Crippen molar-refractivity contribution in [2.45, 2.75) is 77.2 Å². The van der Waals surface area contributed by atoms with E-state index < -0.39 is 21.7 Å². The van der Waals surface area contributed by atoms with E-state index in [2.05, 4.69) is 17.6 Å². The SMILES string of the molecule is CCCCCCCCCCCc1cc([N+](=O)[O-])cc2c1OC1=CC(=O)C(Nc3cc([N+](=O)[O-])ccc3O)=C[C@H]1N2. The van der Waals surface area contributed by atoms with Crippen LogP contribution in [-0.2, 0) is 11.2 Å². The molecule has 212 valence electrons. The van der Waals surface area contributed by atoms with Crippen LogP contribution in [0.25, 0.3) is 0 Å². The van der Waals surface area contributed by atoms with Gasteiger partial charge >= 0.3 is 0 Å². The molecular formula is C29H34N4O7. The summed E-state index contributed by atoms with van der Waals surface area (Å²) in [5.41, 5.74) is 0.932. The number of ether oxygens (including phenoxy) is 1. The summed E-state index contributed by atoms with van der Waals surface area (Å²) in [5.74, 6) is 0.115. The molecule has 2 aromatic carbocycles. The van der Waals surface area contributed by atoms with Gasteiger partial charge in [-0.05, 0) is 25.0 Å². The number of nitro groups is 2. The Balaban J connectivity index is 1.47. The minimum atomic E-state index is -0.615. The average molecular weight is 551 g/mol. The van der Waals surface area contributed by atoms with Crippen molar-refractivity contribution in [3.05, 3.63) is 79.7 Å². The number of hydrogen-bond acceptors (Lipinski definition) is 9. The van der Waals surface area contributed by atoms with Crippen molar-refractivity contribution in [1.29, 1.82) is 0 Å². The first-order chi connectivity index (χ1) is 19.3. The summed E-state index contributed by atoms with van der Waals surface area (Å²) >= 11 is 0. The minimum Gasteiger partial charge on any atom is -0.506 e. The summed E-state index contributed by atoms with van der Waals surface area (Å²) in [4.78, 5) is 34.6. The lowest BCUT2D eigenvalue weighted by Crippen LogP contribution is -2.33. The molecule has 1 heterocycles. The number of benzene rings is 2. The number of unbranched alkanes of at least 4 members (excludes halogenated alkanes) is 8. The standard InChI is InChI=1S/C29H34N4O7/c1-2-3-4-5-6-7-8-9-10-11-19-14-21(33(38)39)16-25-29(19)40-28-18-27(35)23(17-24(28)31-25)30-22-15-20(32(36)37)12-13-26(22)34/h12-18,24,30-31,34H,2-11H2,1H3/t24-/m1/s1. The number of nitro benzene ring substituents is 2. The number of non-ortho nitro benzene ring substituents is 2. The molecule has 0 unspecified atom stereocenters. The monoisotopic (exact) mass is 550 g/mol. The van der Waals surface area contributed by atoms with E-state index in [9.17, 15) is 30.1 Å². The maximum atomic E-state index is 12.9. The van der Waals surface area contributed by atoms with Crippen molar-refractivity contribution >= 4 is 28.5 Å². The van der Waals surface area contributed by atoms with E-state index in [1.807, 2.05) is 0 Å². The van der Waals surface area contributed by atoms with Crippen LogP contribution in [0.2, 0.25) is 0 Å². The number of carbonyl (C=O) groups is 1. The number of aryl methyl sites for hydroxylation is 1. The molecule has 4 rings (SSSR count). The average Bonchev–Trinajstić information content (AvgIpc) is 2.92. The van der Waals surface area contributed by atoms with Gasteiger partial charge in [0.15, 0.2) is 5.75 Å². The van der Waals surface area contributed by atoms with Gasteiger partial charge in [-0.3, -0.25) is 25.0 Å². The maximum Gasteiger partial charge on any atom is 0.272 e. The third kappa shape index (κ3) is 6.96. The highest BCUT2D eigenvalue weighted by molar-refractivity contribution is 6.08. The third-order valence-corrected chi connectivity index (χ3v) is 7.08. The summed E-state index contributed by atoms with van der Waals surface area (Å²) in [6.07, 6.45) is 13.9. The van der Waals surface area contributed by atoms with Gasteiger partial charge in [0, 0.05) is 35.9 Å². The van der Waals surface area contributed by atoms with Crippen molar-refractivity contribution in [2.24, 2.45) is 0 Å². The normalized spacial score (nSPS) is 15.6. The Bertz CT molecular complexity index is 1350. The highest BCUT2D eigenvalue weighted by Gasteiger charge is 2.32. The maximum absolute atomic E-state index is 12.9. The number of aromatic hydroxyl groups is 1. The molecule has 11 heteroatoms. The molecule has 11 nitrogen and oxygen atoms in total. The molecule has 40 heavy (non-hydrogen) atoms. The molecule has 1 aliphatic heterocycles. The number of nitrogens with one attached hydrogen (secondary N) is 2. The summed E-state index contributed by atoms with van der Waals surface area (Å²) in [6, 6.07) is 5.78. The van der Waals surface area contributed by atoms with E-state index in [-0.39, 0.29) is 28.5 Å². The largest absolute Gasteiger partial charge is 0.506 e. The molecule has 0 amide bonds. The number of phenols is 1. The third-order valence-electron chi connectivity index (χ3n) is 7.08. The van der Waals surface area contributed by atoms with E-state index in [1.54, 1.807) is 0 Å². The lowest BCUT2D eigenvalue weighted by atomic mass is 9.98. The topological polar surface area (TPSA) is 157 Å². The van der Waals surface area contributed by atoms with Crippen LogP contribution in [0, 0.1) is 20.2 Å². The fourth-order valence-corrected chi connectivity index (χ4v) is 4.92. The zero-order valence-electron chi connectivity index (χ0n) is 22.5. The fraction of sp³-hybridized carbons (Fsp3) is 0.414. The second-order valence-electron chi connectivity index (χ2n) is 10.1. The zero-order chi connectivity index (χ0) is 28.6. The Morgan fingerprint density at radius 3 is 2.30 bits per heavy atom. The van der Waals surface area contributed by atoms with Gasteiger partial charge in [0.05, 0.1) is 26.9 Å². The minimum absolute atomic E-state index is 0.00154. The van der Waals surface area contributed by atoms with E-state index >= 15 is 0 Å². The summed E-state index contributed by atoms with van der Waals surface area (Å²) < 4.78 is 6.12. The predicted molar refractivity (Wildman–Crippen MR) is 152 cm³/mol. The van der Waals surface area contributed by atoms with Gasteiger partial charge in [0.2, 0.25) is 5.78 Å². The highest BCUT2D eigenvalue weighted by atomic mass is 16.6. The summed E-state index contributed by atoms with van der Waals surface area (Å²) in [7, 11) is 0. The lowest BCUT2D eigenvalue weighted by Gasteiger charge is -2.31. The Hall–Kier alpha value is -4.41. The molecule has 0 spiro atoms. The van der Waals surface area contributed by atoms with Crippen LogP contribution in [0.3, 0.4) is 0 Å². The molecule has 0 radical (unpaired) electrons. The van der Waals surface area contributed by atoms with Crippen LogP contribution in [0.4, 0.5) is 22.7 Å². The molecule has 0 aromatic heterocycles. The summed E-state index contributed by atoms with van der Waals surface area (Å²) in [6.45, 7) is 2.20. The Morgan fingerprint density at radius 2 is 1.62 bits per heavy atom. The lowest BCUT2D eigenvalue weighted by molar-refractivity contribution is -0.385. The number of fused-ring (bicyclic) bond motifs is 2. The number of anilines is 2. The van der Waals surface area contributed by atoms with Crippen LogP contribution in [-0.4, -0.2) is 26.8 Å². The number of phenolic OH excluding ortho intramolecular Hbond substituents is 1. The van der Waals surface area contributed by atoms with E-state index in [1.165, 1.54) is 68.9 Å². The number of hydrogen-bond donors (Lipinski definition) is 3. The first kappa shape index (κ1) is 28.6. The second kappa shape index (κ2) is 13.1. The van der Waals surface area contributed by atoms with Crippen LogP contribution < -0.4 is 15.4 Å². The van der Waals surface area contributed by atoms with Crippen molar-refractivity contribution in [2.75, 3.05) is 10.6 Å². The van der Waals surface area contributed by atoms with Crippen molar-refractivity contribution in [3.8, 4) is 11.5 Å². The van der Waals surface area contributed by atoms with Crippen molar-refractivity contribution in [3.63, 3.8) is 0 Å². The molecular weight excluding hydrogens is 516 g/mol. The Morgan fingerprint density at radius 1 is 0.950 bits per heavy atom. The molecule has 2 aliphatic rings. The highest BCUT2D eigenvalue weighted by Crippen LogP contribution is 2.41. The van der Waals surface area contributed by atoms with Gasteiger partial charge in [-0.15, -0.1) is 0 Å². The molecule has 2 aromatic rings. The van der Waals surface area contributed by atoms with Crippen LogP contribution in [0.5, 0.6) is 11.5 Å². The van der Waals surface area contributed by atoms with Crippen LogP contribution in [0.15, 0.2) is 53.9 Å². The van der Waals surface area contributed by atoms with E-state index in [0.717, 1.165) is 31.4 Å². The number of nitrogens with zero attached hydrogens (tertiary/aromatic N) is 2. The number of carbonyl (C=O) groups excluding carboxylic acids is 1. The quantitative estimate of drug-likeness (QED) is 0.0983. The molecule has 3 N–H and O–H groups in total. The van der Waals surface area contributed by atoms with Gasteiger partial charge < -0.3 is 20.5 Å².